The maximum absolute atomic E-state index is 13.3. The quantitative estimate of drug-likeness (QED) is 0.540. The van der Waals surface area contributed by atoms with Gasteiger partial charge in [-0.25, -0.2) is 4.98 Å². The van der Waals surface area contributed by atoms with Gasteiger partial charge in [-0.2, -0.15) is 0 Å². The molecule has 0 saturated carbocycles. The standard InChI is InChI=1S/C21H20ClN3O2S/c1-13-15(22)8-9-18-19(13)23-21(28-18)25(11-10-24(2)3)20(26)17-12-14-6-4-5-7-16(14)27-17/h4-9,12H,10-11H2,1-3H3/p+1. The molecule has 0 aliphatic heterocycles. The highest BCUT2D eigenvalue weighted by molar-refractivity contribution is 7.22. The number of hydrogen-bond acceptors (Lipinski definition) is 4. The van der Waals surface area contributed by atoms with Crippen molar-refractivity contribution in [3.63, 3.8) is 0 Å². The van der Waals surface area contributed by atoms with Crippen LogP contribution in [0.4, 0.5) is 5.13 Å². The Labute approximate surface area is 172 Å². The first-order chi connectivity index (χ1) is 13.4. The summed E-state index contributed by atoms with van der Waals surface area (Å²) in [5.41, 5.74) is 2.47. The van der Waals surface area contributed by atoms with E-state index in [0.717, 1.165) is 27.7 Å². The van der Waals surface area contributed by atoms with Gasteiger partial charge in [0.05, 0.1) is 37.4 Å². The van der Waals surface area contributed by atoms with Crippen LogP contribution in [0.3, 0.4) is 0 Å². The zero-order valence-corrected chi connectivity index (χ0v) is 17.5. The molecule has 0 unspecified atom stereocenters. The maximum Gasteiger partial charge on any atom is 0.296 e. The molecule has 2 aromatic carbocycles. The first-order valence-corrected chi connectivity index (χ1v) is 10.3. The third-order valence-electron chi connectivity index (χ3n) is 4.68. The Kier molecular flexibility index (Phi) is 5.10. The second kappa shape index (κ2) is 7.54. The molecule has 0 aliphatic rings. The van der Waals surface area contributed by atoms with Crippen LogP contribution in [0.15, 0.2) is 46.9 Å². The van der Waals surface area contributed by atoms with Crippen LogP contribution in [0.2, 0.25) is 5.02 Å². The first kappa shape index (κ1) is 18.9. The summed E-state index contributed by atoms with van der Waals surface area (Å²) in [4.78, 5) is 21.0. The molecule has 0 radical (unpaired) electrons. The van der Waals surface area contributed by atoms with Crippen LogP contribution in [-0.2, 0) is 0 Å². The number of carbonyl (C=O) groups is 1. The molecule has 144 valence electrons. The molecule has 0 saturated heterocycles. The van der Waals surface area contributed by atoms with Gasteiger partial charge in [-0.05, 0) is 36.8 Å². The molecule has 4 aromatic rings. The molecule has 2 heterocycles. The number of para-hydroxylation sites is 1. The van der Waals surface area contributed by atoms with E-state index in [0.29, 0.717) is 28.0 Å². The van der Waals surface area contributed by atoms with Crippen LogP contribution >= 0.6 is 22.9 Å². The molecule has 1 amide bonds. The predicted molar refractivity (Wildman–Crippen MR) is 115 cm³/mol. The third kappa shape index (κ3) is 3.51. The fourth-order valence-corrected chi connectivity index (χ4v) is 4.25. The Balaban J connectivity index is 1.76. The summed E-state index contributed by atoms with van der Waals surface area (Å²) >= 11 is 7.74. The molecular weight excluding hydrogens is 394 g/mol. The van der Waals surface area contributed by atoms with Crippen LogP contribution < -0.4 is 9.80 Å². The molecule has 0 atom stereocenters. The minimum absolute atomic E-state index is 0.180. The van der Waals surface area contributed by atoms with Gasteiger partial charge >= 0.3 is 0 Å². The van der Waals surface area contributed by atoms with E-state index in [1.165, 1.54) is 16.2 Å². The number of thiazole rings is 1. The summed E-state index contributed by atoms with van der Waals surface area (Å²) in [7, 11) is 4.12. The second-order valence-corrected chi connectivity index (χ2v) is 8.49. The van der Waals surface area contributed by atoms with Crippen LogP contribution in [0.25, 0.3) is 21.2 Å². The molecule has 0 fully saturated rings. The van der Waals surface area contributed by atoms with Gasteiger partial charge in [0.1, 0.15) is 5.58 Å². The molecule has 0 spiro atoms. The minimum atomic E-state index is -0.180. The maximum atomic E-state index is 13.3. The fourth-order valence-electron chi connectivity index (χ4n) is 3.04. The van der Waals surface area contributed by atoms with E-state index in [4.69, 9.17) is 21.0 Å². The van der Waals surface area contributed by atoms with Gasteiger partial charge in [-0.3, -0.25) is 9.69 Å². The zero-order valence-electron chi connectivity index (χ0n) is 16.0. The van der Waals surface area contributed by atoms with Gasteiger partial charge < -0.3 is 9.32 Å². The Bertz CT molecular complexity index is 1130. The van der Waals surface area contributed by atoms with Crippen LogP contribution in [-0.4, -0.2) is 38.1 Å². The summed E-state index contributed by atoms with van der Waals surface area (Å²) in [6.07, 6.45) is 0. The van der Waals surface area contributed by atoms with Gasteiger partial charge in [0.15, 0.2) is 10.9 Å². The number of anilines is 1. The summed E-state index contributed by atoms with van der Waals surface area (Å²) in [6.45, 7) is 3.29. The smallest absolute Gasteiger partial charge is 0.296 e. The Morgan fingerprint density at radius 1 is 1.25 bits per heavy atom. The van der Waals surface area contributed by atoms with E-state index in [9.17, 15) is 4.79 Å². The number of halogens is 1. The van der Waals surface area contributed by atoms with E-state index in [-0.39, 0.29) is 5.91 Å². The monoisotopic (exact) mass is 414 g/mol. The fraction of sp³-hybridized carbons (Fsp3) is 0.238. The Morgan fingerprint density at radius 3 is 2.79 bits per heavy atom. The molecular formula is C21H21ClN3O2S+. The first-order valence-electron chi connectivity index (χ1n) is 9.09. The van der Waals surface area contributed by atoms with Crippen molar-refractivity contribution in [2.75, 3.05) is 32.1 Å². The molecule has 0 bridgehead atoms. The lowest BCUT2D eigenvalue weighted by Crippen LogP contribution is -3.06. The zero-order chi connectivity index (χ0) is 19.8. The van der Waals surface area contributed by atoms with E-state index in [1.54, 1.807) is 11.0 Å². The lowest BCUT2D eigenvalue weighted by Gasteiger charge is -2.19. The topological polar surface area (TPSA) is 50.8 Å². The third-order valence-corrected chi connectivity index (χ3v) is 6.14. The molecule has 2 aromatic heterocycles. The van der Waals surface area contributed by atoms with Gasteiger partial charge in [0.25, 0.3) is 5.91 Å². The van der Waals surface area contributed by atoms with Crippen LogP contribution in [0, 0.1) is 6.92 Å². The number of nitrogens with one attached hydrogen (secondary N) is 1. The van der Waals surface area contributed by atoms with E-state index < -0.39 is 0 Å². The van der Waals surface area contributed by atoms with Gasteiger partial charge in [-0.1, -0.05) is 41.1 Å². The number of benzene rings is 2. The average molecular weight is 415 g/mol. The molecule has 4 rings (SSSR count). The second-order valence-electron chi connectivity index (χ2n) is 7.08. The predicted octanol–water partition coefficient (Wildman–Crippen LogP) is 3.80. The SMILES string of the molecule is Cc1c(Cl)ccc2sc(N(CC[NH+](C)C)C(=O)c3cc4ccccc4o3)nc12. The molecule has 0 aliphatic carbocycles. The summed E-state index contributed by atoms with van der Waals surface area (Å²) in [5, 5.41) is 2.25. The summed E-state index contributed by atoms with van der Waals surface area (Å²) in [5.74, 6) is 0.143. The molecule has 28 heavy (non-hydrogen) atoms. The van der Waals surface area contributed by atoms with Crippen molar-refractivity contribution in [3.8, 4) is 0 Å². The van der Waals surface area contributed by atoms with Crippen molar-refractivity contribution in [3.05, 3.63) is 58.8 Å². The number of fused-ring (bicyclic) bond motifs is 2. The van der Waals surface area contributed by atoms with Crippen molar-refractivity contribution in [1.29, 1.82) is 0 Å². The highest BCUT2D eigenvalue weighted by Crippen LogP contribution is 2.34. The number of rotatable bonds is 5. The van der Waals surface area contributed by atoms with Crippen molar-refractivity contribution < 1.29 is 14.1 Å². The van der Waals surface area contributed by atoms with Gasteiger partial charge in [0, 0.05) is 10.4 Å². The molecule has 7 heteroatoms. The van der Waals surface area contributed by atoms with E-state index >= 15 is 0 Å². The van der Waals surface area contributed by atoms with Gasteiger partial charge in [-0.15, -0.1) is 0 Å². The van der Waals surface area contributed by atoms with E-state index in [1.807, 2.05) is 43.3 Å². The molecule has 5 nitrogen and oxygen atoms in total. The van der Waals surface area contributed by atoms with Crippen LogP contribution in [0.5, 0.6) is 0 Å². The number of amides is 1. The lowest BCUT2D eigenvalue weighted by molar-refractivity contribution is -0.856. The Hall–Kier alpha value is -2.41. The number of hydrogen-bond donors (Lipinski definition) is 1. The lowest BCUT2D eigenvalue weighted by atomic mass is 10.2. The van der Waals surface area contributed by atoms with E-state index in [2.05, 4.69) is 14.1 Å². The van der Waals surface area contributed by atoms with Crippen molar-refractivity contribution >= 4 is 55.2 Å². The summed E-state index contributed by atoms with van der Waals surface area (Å²) in [6, 6.07) is 13.2. The minimum Gasteiger partial charge on any atom is -0.451 e. The van der Waals surface area contributed by atoms with Crippen molar-refractivity contribution in [1.82, 2.24) is 4.98 Å². The number of furan rings is 1. The van der Waals surface area contributed by atoms with Gasteiger partial charge in [0.2, 0.25) is 0 Å². The van der Waals surface area contributed by atoms with Crippen molar-refractivity contribution in [2.24, 2.45) is 0 Å². The number of aromatic nitrogens is 1. The highest BCUT2D eigenvalue weighted by Gasteiger charge is 2.25. The number of carbonyl (C=O) groups excluding carboxylic acids is 1. The van der Waals surface area contributed by atoms with Crippen LogP contribution in [0.1, 0.15) is 16.1 Å². The number of nitrogens with zero attached hydrogens (tertiary/aromatic N) is 2. The normalized spacial score (nSPS) is 11.6. The van der Waals surface area contributed by atoms with Crippen molar-refractivity contribution in [2.45, 2.75) is 6.92 Å². The number of likely N-dealkylation sites (N-methyl/N-ethyl adjacent to an activating group) is 1. The largest absolute Gasteiger partial charge is 0.451 e. The summed E-state index contributed by atoms with van der Waals surface area (Å²) < 4.78 is 6.82. The molecule has 1 N–H and O–H groups in total. The highest BCUT2D eigenvalue weighted by atomic mass is 35.5. The average Bonchev–Trinajstić information content (AvgIpc) is 3.29. The Morgan fingerprint density at radius 2 is 2.04 bits per heavy atom. The number of quaternary nitrogens is 1. The number of aryl methyl sites for hydroxylation is 1.